The van der Waals surface area contributed by atoms with E-state index in [0.717, 1.165) is 12.1 Å². The van der Waals surface area contributed by atoms with Crippen molar-refractivity contribution in [2.45, 2.75) is 12.8 Å². The third-order valence-corrected chi connectivity index (χ3v) is 2.30. The van der Waals surface area contributed by atoms with Gasteiger partial charge in [0.2, 0.25) is 0 Å². The molecule has 76 valence electrons. The first-order chi connectivity index (χ1) is 6.45. The van der Waals surface area contributed by atoms with Gasteiger partial charge in [0.1, 0.15) is 11.6 Å². The summed E-state index contributed by atoms with van der Waals surface area (Å²) in [5, 5.41) is 17.7. The summed E-state index contributed by atoms with van der Waals surface area (Å²) in [5.74, 6) is -3.27. The maximum atomic E-state index is 12.9. The van der Waals surface area contributed by atoms with Gasteiger partial charge in [0.05, 0.1) is 10.9 Å². The summed E-state index contributed by atoms with van der Waals surface area (Å²) in [5.41, 5.74) is -0.0980. The Labute approximate surface area is 84.7 Å². The Morgan fingerprint density at radius 3 is 2.64 bits per heavy atom. The maximum Gasteiger partial charge on any atom is 0.310 e. The Bertz CT molecular complexity index is 379. The van der Waals surface area contributed by atoms with Crippen molar-refractivity contribution >= 4 is 17.6 Å². The van der Waals surface area contributed by atoms with Gasteiger partial charge < -0.3 is 10.2 Å². The molecule has 14 heavy (non-hydrogen) atoms. The molecule has 0 radical (unpaired) electrons. The van der Waals surface area contributed by atoms with Crippen molar-refractivity contribution in [1.29, 1.82) is 0 Å². The molecule has 0 amide bonds. The van der Waals surface area contributed by atoms with E-state index < -0.39 is 17.7 Å². The minimum absolute atomic E-state index is 0.0980. The minimum atomic E-state index is -1.17. The Kier molecular flexibility index (Phi) is 2.96. The predicted octanol–water partition coefficient (Wildman–Crippen LogP) is 2.37. The molecule has 0 saturated carbocycles. The summed E-state index contributed by atoms with van der Waals surface area (Å²) < 4.78 is 12.9. The molecule has 0 aliphatic heterocycles. The summed E-state index contributed by atoms with van der Waals surface area (Å²) in [4.78, 5) is 10.6. The number of carboxylic acid groups (broad SMARTS) is 1. The molecule has 1 unspecified atom stereocenters. The van der Waals surface area contributed by atoms with Crippen LogP contribution in [0.1, 0.15) is 18.4 Å². The van der Waals surface area contributed by atoms with Crippen LogP contribution in [0, 0.1) is 5.82 Å². The lowest BCUT2D eigenvalue weighted by Crippen LogP contribution is -2.08. The molecular formula is C9H8ClFO3. The normalized spacial score (nSPS) is 12.5. The molecule has 0 aliphatic rings. The van der Waals surface area contributed by atoms with E-state index in [1.165, 1.54) is 6.92 Å². The van der Waals surface area contributed by atoms with Gasteiger partial charge in [-0.05, 0) is 19.1 Å². The number of hydrogen-bond donors (Lipinski definition) is 2. The molecule has 0 aromatic heterocycles. The van der Waals surface area contributed by atoms with Crippen LogP contribution in [-0.2, 0) is 4.79 Å². The number of aliphatic carboxylic acids is 1. The molecule has 0 fully saturated rings. The average Bonchev–Trinajstić information content (AvgIpc) is 2.12. The third kappa shape index (κ3) is 1.80. The topological polar surface area (TPSA) is 57.5 Å². The van der Waals surface area contributed by atoms with Crippen LogP contribution in [0.3, 0.4) is 0 Å². The van der Waals surface area contributed by atoms with Crippen molar-refractivity contribution < 1.29 is 19.4 Å². The number of rotatable bonds is 2. The monoisotopic (exact) mass is 218 g/mol. The predicted molar refractivity (Wildman–Crippen MR) is 49.1 cm³/mol. The van der Waals surface area contributed by atoms with Crippen molar-refractivity contribution in [3.05, 3.63) is 28.5 Å². The lowest BCUT2D eigenvalue weighted by molar-refractivity contribution is -0.138. The summed E-state index contributed by atoms with van der Waals surface area (Å²) in [6.07, 6.45) is 0. The number of phenols is 1. The second-order valence-electron chi connectivity index (χ2n) is 2.85. The standard InChI is InChI=1S/C9H8ClFO3/c1-4(9(13)14)7-6(12)3-2-5(11)8(7)10/h2-4,12H,1H3,(H,13,14). The fraction of sp³-hybridized carbons (Fsp3) is 0.222. The van der Waals surface area contributed by atoms with E-state index in [0.29, 0.717) is 0 Å². The van der Waals surface area contributed by atoms with Crippen LogP contribution in [0.4, 0.5) is 4.39 Å². The Hall–Kier alpha value is -1.29. The van der Waals surface area contributed by atoms with E-state index in [9.17, 15) is 14.3 Å². The highest BCUT2D eigenvalue weighted by Crippen LogP contribution is 2.34. The highest BCUT2D eigenvalue weighted by atomic mass is 35.5. The summed E-state index contributed by atoms with van der Waals surface area (Å²) in [6.45, 7) is 1.32. The minimum Gasteiger partial charge on any atom is -0.508 e. The summed E-state index contributed by atoms with van der Waals surface area (Å²) in [6, 6.07) is 2.06. The zero-order chi connectivity index (χ0) is 10.9. The van der Waals surface area contributed by atoms with Crippen LogP contribution in [0.5, 0.6) is 5.75 Å². The van der Waals surface area contributed by atoms with Crippen molar-refractivity contribution in [1.82, 2.24) is 0 Å². The van der Waals surface area contributed by atoms with Gasteiger partial charge >= 0.3 is 5.97 Å². The first-order valence-corrected chi connectivity index (χ1v) is 4.22. The zero-order valence-electron chi connectivity index (χ0n) is 7.29. The first-order valence-electron chi connectivity index (χ1n) is 3.84. The number of benzene rings is 1. The molecule has 0 spiro atoms. The van der Waals surface area contributed by atoms with Gasteiger partial charge in [0, 0.05) is 5.56 Å². The fourth-order valence-electron chi connectivity index (χ4n) is 1.09. The molecule has 0 aliphatic carbocycles. The summed E-state index contributed by atoms with van der Waals surface area (Å²) >= 11 is 5.54. The Balaban J connectivity index is 3.32. The van der Waals surface area contributed by atoms with Crippen molar-refractivity contribution in [3.63, 3.8) is 0 Å². The van der Waals surface area contributed by atoms with Gasteiger partial charge in [-0.25, -0.2) is 4.39 Å². The molecule has 0 saturated heterocycles. The molecule has 1 aromatic carbocycles. The van der Waals surface area contributed by atoms with E-state index in [1.54, 1.807) is 0 Å². The number of carboxylic acids is 1. The molecule has 1 atom stereocenters. The van der Waals surface area contributed by atoms with E-state index in [1.807, 2.05) is 0 Å². The van der Waals surface area contributed by atoms with Gasteiger partial charge in [0.15, 0.2) is 0 Å². The van der Waals surface area contributed by atoms with Crippen molar-refractivity contribution in [2.24, 2.45) is 0 Å². The van der Waals surface area contributed by atoms with Crippen LogP contribution in [-0.4, -0.2) is 16.2 Å². The molecule has 1 rings (SSSR count). The largest absolute Gasteiger partial charge is 0.508 e. The van der Waals surface area contributed by atoms with Gasteiger partial charge in [-0.3, -0.25) is 4.79 Å². The van der Waals surface area contributed by atoms with Crippen LogP contribution < -0.4 is 0 Å². The van der Waals surface area contributed by atoms with E-state index in [4.69, 9.17) is 16.7 Å². The van der Waals surface area contributed by atoms with Gasteiger partial charge in [-0.15, -0.1) is 0 Å². The maximum absolute atomic E-state index is 12.9. The summed E-state index contributed by atoms with van der Waals surface area (Å²) in [7, 11) is 0. The van der Waals surface area contributed by atoms with Crippen LogP contribution in [0.25, 0.3) is 0 Å². The van der Waals surface area contributed by atoms with Gasteiger partial charge in [-0.1, -0.05) is 11.6 Å². The highest BCUT2D eigenvalue weighted by Gasteiger charge is 2.22. The molecule has 0 bridgehead atoms. The van der Waals surface area contributed by atoms with Crippen LogP contribution in [0.15, 0.2) is 12.1 Å². The smallest absolute Gasteiger partial charge is 0.310 e. The SMILES string of the molecule is CC(C(=O)O)c1c(O)ccc(F)c1Cl. The molecular weight excluding hydrogens is 211 g/mol. The number of hydrogen-bond acceptors (Lipinski definition) is 2. The average molecular weight is 219 g/mol. The lowest BCUT2D eigenvalue weighted by Gasteiger charge is -2.11. The number of halogens is 2. The number of phenolic OH excluding ortho intramolecular Hbond substituents is 1. The third-order valence-electron chi connectivity index (χ3n) is 1.91. The molecule has 1 aromatic rings. The van der Waals surface area contributed by atoms with Crippen molar-refractivity contribution in [2.75, 3.05) is 0 Å². The second-order valence-corrected chi connectivity index (χ2v) is 3.23. The molecule has 0 heterocycles. The lowest BCUT2D eigenvalue weighted by atomic mass is 10.00. The number of carbonyl (C=O) groups is 1. The Morgan fingerprint density at radius 1 is 1.57 bits per heavy atom. The molecule has 3 nitrogen and oxygen atoms in total. The fourth-order valence-corrected chi connectivity index (χ4v) is 1.41. The first kappa shape index (κ1) is 10.8. The van der Waals surface area contributed by atoms with E-state index in [2.05, 4.69) is 0 Å². The van der Waals surface area contributed by atoms with Crippen LogP contribution >= 0.6 is 11.6 Å². The number of aromatic hydroxyl groups is 1. The highest BCUT2D eigenvalue weighted by molar-refractivity contribution is 6.32. The Morgan fingerprint density at radius 2 is 2.14 bits per heavy atom. The van der Waals surface area contributed by atoms with Crippen LogP contribution in [0.2, 0.25) is 5.02 Å². The van der Waals surface area contributed by atoms with E-state index >= 15 is 0 Å². The van der Waals surface area contributed by atoms with E-state index in [-0.39, 0.29) is 16.3 Å². The second kappa shape index (κ2) is 3.84. The molecule has 2 N–H and O–H groups in total. The zero-order valence-corrected chi connectivity index (χ0v) is 8.05. The van der Waals surface area contributed by atoms with Gasteiger partial charge in [0.25, 0.3) is 0 Å². The van der Waals surface area contributed by atoms with Crippen molar-refractivity contribution in [3.8, 4) is 5.75 Å². The van der Waals surface area contributed by atoms with Gasteiger partial charge in [-0.2, -0.15) is 0 Å². The quantitative estimate of drug-likeness (QED) is 0.801. The molecule has 5 heteroatoms.